The van der Waals surface area contributed by atoms with Crippen LogP contribution in [0.1, 0.15) is 19.4 Å². The molecule has 4 nitrogen and oxygen atoms in total. The summed E-state index contributed by atoms with van der Waals surface area (Å²) in [4.78, 5) is 27.0. The van der Waals surface area contributed by atoms with E-state index in [0.29, 0.717) is 5.69 Å². The van der Waals surface area contributed by atoms with Crippen molar-refractivity contribution < 1.29 is 14.3 Å². The molecule has 0 aromatic heterocycles. The lowest BCUT2D eigenvalue weighted by Crippen LogP contribution is -2.39. The summed E-state index contributed by atoms with van der Waals surface area (Å²) < 4.78 is 5.98. The van der Waals surface area contributed by atoms with Gasteiger partial charge >= 0.3 is 0 Å². The van der Waals surface area contributed by atoms with Crippen molar-refractivity contribution in [2.45, 2.75) is 32.0 Å². The van der Waals surface area contributed by atoms with E-state index in [4.69, 9.17) is 4.74 Å². The Balaban J connectivity index is 1.82. The number of nitrogens with zero attached hydrogens (tertiary/aromatic N) is 1. The predicted molar refractivity (Wildman–Crippen MR) is 77.7 cm³/mol. The predicted octanol–water partition coefficient (Wildman–Crippen LogP) is 2.22. The van der Waals surface area contributed by atoms with E-state index in [1.54, 1.807) is 0 Å². The van der Waals surface area contributed by atoms with Gasteiger partial charge in [0, 0.05) is 0 Å². The number of anilines is 1. The van der Waals surface area contributed by atoms with Gasteiger partial charge in [0.1, 0.15) is 0 Å². The Morgan fingerprint density at radius 3 is 2.14 bits per heavy atom. The Morgan fingerprint density at radius 1 is 1.05 bits per heavy atom. The molecule has 0 unspecified atom stereocenters. The molecule has 0 N–H and O–H groups in total. The minimum atomic E-state index is -0.662. The quantitative estimate of drug-likeness (QED) is 0.586. The summed E-state index contributed by atoms with van der Waals surface area (Å²) in [5.74, 6) is -1.13. The van der Waals surface area contributed by atoms with Crippen LogP contribution in [0.2, 0.25) is 0 Å². The second kappa shape index (κ2) is 3.63. The van der Waals surface area contributed by atoms with Gasteiger partial charge in [-0.2, -0.15) is 0 Å². The molecule has 1 aromatic carbocycles. The lowest BCUT2D eigenvalue weighted by Gasteiger charge is -2.25. The molecule has 2 amide bonds. The zero-order valence-corrected chi connectivity index (χ0v) is 12.3. The number of hydrogen-bond donors (Lipinski definition) is 0. The van der Waals surface area contributed by atoms with Crippen molar-refractivity contribution in [3.05, 3.63) is 42.0 Å². The number of carbonyl (C=O) groups excluding carboxylic acids is 2. The second-order valence-electron chi connectivity index (χ2n) is 6.61. The molecular formula is C17H17NO3. The Hall–Kier alpha value is -1.94. The summed E-state index contributed by atoms with van der Waals surface area (Å²) in [6, 6.07) is 7.50. The van der Waals surface area contributed by atoms with Gasteiger partial charge in [0.25, 0.3) is 0 Å². The number of amides is 2. The van der Waals surface area contributed by atoms with Gasteiger partial charge in [-0.3, -0.25) is 9.59 Å². The van der Waals surface area contributed by atoms with E-state index in [2.05, 4.69) is 0 Å². The first-order valence-corrected chi connectivity index (χ1v) is 7.21. The molecule has 4 heteroatoms. The van der Waals surface area contributed by atoms with Gasteiger partial charge in [-0.15, -0.1) is 0 Å². The second-order valence-corrected chi connectivity index (χ2v) is 6.61. The maximum absolute atomic E-state index is 12.8. The minimum Gasteiger partial charge on any atom is -0.359 e. The highest BCUT2D eigenvalue weighted by atomic mass is 16.5. The van der Waals surface area contributed by atoms with Crippen molar-refractivity contribution >= 4 is 17.5 Å². The lowest BCUT2D eigenvalue weighted by atomic mass is 9.73. The molecule has 2 bridgehead atoms. The minimum absolute atomic E-state index is 0.147. The van der Waals surface area contributed by atoms with Crippen LogP contribution in [0.4, 0.5) is 5.69 Å². The van der Waals surface area contributed by atoms with E-state index >= 15 is 0 Å². The fourth-order valence-corrected chi connectivity index (χ4v) is 4.05. The molecule has 0 spiro atoms. The number of fused-ring (bicyclic) bond motifs is 5. The van der Waals surface area contributed by atoms with Gasteiger partial charge in [0.15, 0.2) is 0 Å². The van der Waals surface area contributed by atoms with Crippen LogP contribution in [0.3, 0.4) is 0 Å². The molecule has 0 radical (unpaired) electrons. The zero-order chi connectivity index (χ0) is 15.0. The molecule has 2 saturated heterocycles. The third-order valence-corrected chi connectivity index (χ3v) is 4.99. The van der Waals surface area contributed by atoms with Crippen LogP contribution in [-0.2, 0) is 14.3 Å². The Kier molecular flexibility index (Phi) is 2.21. The Labute approximate surface area is 123 Å². The summed E-state index contributed by atoms with van der Waals surface area (Å²) >= 11 is 0. The normalized spacial score (nSPS) is 40.2. The number of carbonyl (C=O) groups is 2. The molecular weight excluding hydrogens is 266 g/mol. The van der Waals surface area contributed by atoms with E-state index < -0.39 is 23.0 Å². The molecule has 3 aliphatic rings. The SMILES string of the molecule is Cc1cccc(N2C(=O)[C@H]3[C@H](C2=O)[C@@]2(C)C=C[C@@]3(C)O2)c1. The maximum Gasteiger partial charge on any atom is 0.241 e. The summed E-state index contributed by atoms with van der Waals surface area (Å²) in [5.41, 5.74) is 0.362. The van der Waals surface area contributed by atoms with Gasteiger partial charge in [-0.1, -0.05) is 24.3 Å². The van der Waals surface area contributed by atoms with Gasteiger partial charge in [-0.05, 0) is 38.5 Å². The van der Waals surface area contributed by atoms with Crippen LogP contribution >= 0.6 is 0 Å². The molecule has 0 aliphatic carbocycles. The molecule has 4 rings (SSSR count). The Morgan fingerprint density at radius 2 is 1.62 bits per heavy atom. The van der Waals surface area contributed by atoms with E-state index in [0.717, 1.165) is 5.56 Å². The average molecular weight is 283 g/mol. The molecule has 0 saturated carbocycles. The number of hydrogen-bond acceptors (Lipinski definition) is 3. The van der Waals surface area contributed by atoms with Crippen molar-refractivity contribution in [1.82, 2.24) is 0 Å². The zero-order valence-electron chi connectivity index (χ0n) is 12.3. The topological polar surface area (TPSA) is 46.6 Å². The molecule has 4 atom stereocenters. The molecule has 1 aromatic rings. The van der Waals surface area contributed by atoms with E-state index in [-0.39, 0.29) is 11.8 Å². The number of aryl methyl sites for hydroxylation is 1. The summed E-state index contributed by atoms with van der Waals surface area (Å²) in [6.07, 6.45) is 3.86. The molecule has 3 aliphatic heterocycles. The van der Waals surface area contributed by atoms with Crippen molar-refractivity contribution in [2.75, 3.05) is 4.90 Å². The first kappa shape index (κ1) is 12.8. The van der Waals surface area contributed by atoms with Gasteiger partial charge in [0.05, 0.1) is 28.7 Å². The third-order valence-electron chi connectivity index (χ3n) is 4.99. The number of benzene rings is 1. The van der Waals surface area contributed by atoms with Crippen LogP contribution in [0.15, 0.2) is 36.4 Å². The molecule has 21 heavy (non-hydrogen) atoms. The lowest BCUT2D eigenvalue weighted by molar-refractivity contribution is -0.128. The number of rotatable bonds is 1. The van der Waals surface area contributed by atoms with Gasteiger partial charge in [0.2, 0.25) is 11.8 Å². The van der Waals surface area contributed by atoms with E-state index in [9.17, 15) is 9.59 Å². The largest absolute Gasteiger partial charge is 0.359 e. The third kappa shape index (κ3) is 1.43. The highest BCUT2D eigenvalue weighted by Gasteiger charge is 2.70. The van der Waals surface area contributed by atoms with Crippen molar-refractivity contribution in [1.29, 1.82) is 0 Å². The summed E-state index contributed by atoms with van der Waals surface area (Å²) in [7, 11) is 0. The average Bonchev–Trinajstić information content (AvgIpc) is 2.95. The van der Waals surface area contributed by atoms with E-state index in [1.165, 1.54) is 4.90 Å². The van der Waals surface area contributed by atoms with Crippen LogP contribution in [0.25, 0.3) is 0 Å². The highest BCUT2D eigenvalue weighted by Crippen LogP contribution is 2.57. The van der Waals surface area contributed by atoms with Crippen molar-refractivity contribution in [3.63, 3.8) is 0 Å². The van der Waals surface area contributed by atoms with Crippen molar-refractivity contribution in [3.8, 4) is 0 Å². The summed E-state index contributed by atoms with van der Waals surface area (Å²) in [6.45, 7) is 5.74. The standard InChI is InChI=1S/C17H17NO3/c1-10-5-4-6-11(9-10)18-14(19)12-13(15(18)20)17(3)8-7-16(12,2)21-17/h4-9,12-13H,1-3H3/t12-,13-,16-,17-/m1/s1. The monoisotopic (exact) mass is 283 g/mol. The molecule has 108 valence electrons. The number of imide groups is 1. The summed E-state index contributed by atoms with van der Waals surface area (Å²) in [5, 5.41) is 0. The number of ether oxygens (including phenoxy) is 1. The van der Waals surface area contributed by atoms with Crippen LogP contribution in [0, 0.1) is 18.8 Å². The fraction of sp³-hybridized carbons (Fsp3) is 0.412. The molecule has 3 heterocycles. The van der Waals surface area contributed by atoms with Crippen LogP contribution in [-0.4, -0.2) is 23.0 Å². The van der Waals surface area contributed by atoms with Gasteiger partial charge in [-0.25, -0.2) is 4.90 Å². The first-order valence-electron chi connectivity index (χ1n) is 7.21. The fourth-order valence-electron chi connectivity index (χ4n) is 4.05. The smallest absolute Gasteiger partial charge is 0.241 e. The highest BCUT2D eigenvalue weighted by molar-refractivity contribution is 6.23. The maximum atomic E-state index is 12.8. The van der Waals surface area contributed by atoms with Crippen LogP contribution in [0.5, 0.6) is 0 Å². The van der Waals surface area contributed by atoms with Gasteiger partial charge < -0.3 is 4.74 Å². The first-order chi connectivity index (χ1) is 9.86. The Bertz CT molecular complexity index is 674. The molecule has 2 fully saturated rings. The van der Waals surface area contributed by atoms with Crippen LogP contribution < -0.4 is 4.90 Å². The van der Waals surface area contributed by atoms with Crippen molar-refractivity contribution in [2.24, 2.45) is 11.8 Å². The van der Waals surface area contributed by atoms with E-state index in [1.807, 2.05) is 57.2 Å².